The van der Waals surface area contributed by atoms with Crippen molar-refractivity contribution in [3.05, 3.63) is 29.8 Å². The van der Waals surface area contributed by atoms with Gasteiger partial charge in [0.1, 0.15) is 11.7 Å². The molecule has 0 saturated carbocycles. The number of rotatable bonds is 3. The fourth-order valence-corrected chi connectivity index (χ4v) is 2.42. The summed E-state index contributed by atoms with van der Waals surface area (Å²) in [6.07, 6.45) is 0.720. The van der Waals surface area contributed by atoms with Gasteiger partial charge in [-0.05, 0) is 24.1 Å². The van der Waals surface area contributed by atoms with Crippen molar-refractivity contribution in [1.29, 1.82) is 0 Å². The van der Waals surface area contributed by atoms with Gasteiger partial charge in [0.05, 0.1) is 14.2 Å². The van der Waals surface area contributed by atoms with Crippen LogP contribution in [0.1, 0.15) is 17.9 Å². The van der Waals surface area contributed by atoms with Crippen LogP contribution in [0.15, 0.2) is 24.3 Å². The smallest absolute Gasteiger partial charge is 0.318 e. The maximum atomic E-state index is 11.9. The molecule has 102 valence electrons. The van der Waals surface area contributed by atoms with E-state index in [1.54, 1.807) is 7.11 Å². The normalized spacial score (nSPS) is 22.5. The maximum absolute atomic E-state index is 11.9. The Morgan fingerprint density at radius 2 is 1.95 bits per heavy atom. The molecule has 0 aromatic heterocycles. The molecule has 2 rings (SSSR count). The SMILES string of the molecule is COC(=O)C1C(=O)NCCC1c1ccc(OC)cc1. The summed E-state index contributed by atoms with van der Waals surface area (Å²) in [7, 11) is 2.90. The van der Waals surface area contributed by atoms with Gasteiger partial charge in [-0.25, -0.2) is 0 Å². The fourth-order valence-electron chi connectivity index (χ4n) is 2.42. The Morgan fingerprint density at radius 3 is 2.53 bits per heavy atom. The van der Waals surface area contributed by atoms with E-state index < -0.39 is 11.9 Å². The van der Waals surface area contributed by atoms with Crippen LogP contribution in [0.4, 0.5) is 0 Å². The Hall–Kier alpha value is -2.04. The summed E-state index contributed by atoms with van der Waals surface area (Å²) in [6, 6.07) is 7.43. The molecule has 1 heterocycles. The van der Waals surface area contributed by atoms with Gasteiger partial charge in [0.15, 0.2) is 0 Å². The van der Waals surface area contributed by atoms with E-state index in [-0.39, 0.29) is 11.8 Å². The van der Waals surface area contributed by atoms with Crippen LogP contribution in [0.25, 0.3) is 0 Å². The summed E-state index contributed by atoms with van der Waals surface area (Å²) in [5.41, 5.74) is 0.950. The molecule has 0 radical (unpaired) electrons. The lowest BCUT2D eigenvalue weighted by Crippen LogP contribution is -2.45. The van der Waals surface area contributed by atoms with E-state index in [1.807, 2.05) is 24.3 Å². The Morgan fingerprint density at radius 1 is 1.26 bits per heavy atom. The van der Waals surface area contributed by atoms with Crippen molar-refractivity contribution >= 4 is 11.9 Å². The Bertz CT molecular complexity index is 461. The second kappa shape index (κ2) is 5.73. The molecule has 2 atom stereocenters. The first-order valence-electron chi connectivity index (χ1n) is 6.17. The predicted molar refractivity (Wildman–Crippen MR) is 68.9 cm³/mol. The van der Waals surface area contributed by atoms with Gasteiger partial charge >= 0.3 is 5.97 Å². The molecule has 2 unspecified atom stereocenters. The zero-order valence-corrected chi connectivity index (χ0v) is 11.0. The number of amides is 1. The number of hydrogen-bond donors (Lipinski definition) is 1. The third-order valence-corrected chi connectivity index (χ3v) is 3.44. The lowest BCUT2D eigenvalue weighted by Gasteiger charge is -2.29. The summed E-state index contributed by atoms with van der Waals surface area (Å²) in [5.74, 6) is -0.921. The van der Waals surface area contributed by atoms with Crippen molar-refractivity contribution in [2.24, 2.45) is 5.92 Å². The third-order valence-electron chi connectivity index (χ3n) is 3.44. The molecule has 1 aliphatic heterocycles. The van der Waals surface area contributed by atoms with Gasteiger partial charge in [-0.15, -0.1) is 0 Å². The van der Waals surface area contributed by atoms with Crippen molar-refractivity contribution in [3.63, 3.8) is 0 Å². The molecular weight excluding hydrogens is 246 g/mol. The Labute approximate surface area is 111 Å². The molecule has 0 aliphatic carbocycles. The van der Waals surface area contributed by atoms with E-state index in [0.29, 0.717) is 6.54 Å². The largest absolute Gasteiger partial charge is 0.497 e. The van der Waals surface area contributed by atoms with E-state index in [0.717, 1.165) is 17.7 Å². The summed E-state index contributed by atoms with van der Waals surface area (Å²) in [4.78, 5) is 23.6. The van der Waals surface area contributed by atoms with Crippen molar-refractivity contribution in [2.45, 2.75) is 12.3 Å². The van der Waals surface area contributed by atoms with Crippen LogP contribution >= 0.6 is 0 Å². The average Bonchev–Trinajstić information content (AvgIpc) is 2.46. The zero-order chi connectivity index (χ0) is 13.8. The Kier molecular flexibility index (Phi) is 4.04. The minimum atomic E-state index is -0.771. The van der Waals surface area contributed by atoms with Crippen LogP contribution in [-0.4, -0.2) is 32.6 Å². The number of piperidine rings is 1. The van der Waals surface area contributed by atoms with Gasteiger partial charge in [-0.2, -0.15) is 0 Å². The standard InChI is InChI=1S/C14H17NO4/c1-18-10-5-3-9(4-6-10)11-7-8-15-13(16)12(11)14(17)19-2/h3-6,11-12H,7-8H2,1-2H3,(H,15,16). The number of benzene rings is 1. The van der Waals surface area contributed by atoms with Crippen LogP contribution in [-0.2, 0) is 14.3 Å². The first kappa shape index (κ1) is 13.4. The van der Waals surface area contributed by atoms with Gasteiger partial charge in [-0.3, -0.25) is 9.59 Å². The highest BCUT2D eigenvalue weighted by atomic mass is 16.5. The van der Waals surface area contributed by atoms with Crippen molar-refractivity contribution in [2.75, 3.05) is 20.8 Å². The van der Waals surface area contributed by atoms with E-state index in [4.69, 9.17) is 9.47 Å². The third kappa shape index (κ3) is 2.70. The van der Waals surface area contributed by atoms with Gasteiger partial charge in [0, 0.05) is 12.5 Å². The molecule has 1 N–H and O–H groups in total. The number of hydrogen-bond acceptors (Lipinski definition) is 4. The van der Waals surface area contributed by atoms with Crippen molar-refractivity contribution in [1.82, 2.24) is 5.32 Å². The highest BCUT2D eigenvalue weighted by Crippen LogP contribution is 2.32. The molecule has 1 fully saturated rings. The molecule has 5 heteroatoms. The van der Waals surface area contributed by atoms with Crippen molar-refractivity contribution in [3.8, 4) is 5.75 Å². The number of nitrogens with one attached hydrogen (secondary N) is 1. The van der Waals surface area contributed by atoms with E-state index in [1.165, 1.54) is 7.11 Å². The molecular formula is C14H17NO4. The quantitative estimate of drug-likeness (QED) is 0.655. The van der Waals surface area contributed by atoms with Gasteiger partial charge in [0.25, 0.3) is 0 Å². The zero-order valence-electron chi connectivity index (χ0n) is 11.0. The van der Waals surface area contributed by atoms with E-state index in [2.05, 4.69) is 5.32 Å². The molecule has 1 aliphatic rings. The topological polar surface area (TPSA) is 64.6 Å². The fraction of sp³-hybridized carbons (Fsp3) is 0.429. The summed E-state index contributed by atoms with van der Waals surface area (Å²) in [5, 5.41) is 2.71. The van der Waals surface area contributed by atoms with Crippen LogP contribution in [0.5, 0.6) is 5.75 Å². The number of carbonyl (C=O) groups excluding carboxylic acids is 2. The van der Waals surface area contributed by atoms with Crippen molar-refractivity contribution < 1.29 is 19.1 Å². The minimum Gasteiger partial charge on any atom is -0.497 e. The van der Waals surface area contributed by atoms with E-state index in [9.17, 15) is 9.59 Å². The first-order valence-corrected chi connectivity index (χ1v) is 6.17. The molecule has 1 amide bonds. The van der Waals surface area contributed by atoms with Gasteiger partial charge in [-0.1, -0.05) is 12.1 Å². The molecule has 1 aromatic rings. The first-order chi connectivity index (χ1) is 9.17. The number of ether oxygens (including phenoxy) is 2. The minimum absolute atomic E-state index is 0.146. The second-order valence-corrected chi connectivity index (χ2v) is 4.46. The molecule has 0 spiro atoms. The molecule has 1 aromatic carbocycles. The summed E-state index contributed by atoms with van der Waals surface area (Å²) >= 11 is 0. The maximum Gasteiger partial charge on any atom is 0.318 e. The lowest BCUT2D eigenvalue weighted by atomic mass is 9.80. The van der Waals surface area contributed by atoms with Crippen LogP contribution in [0, 0.1) is 5.92 Å². The number of methoxy groups -OCH3 is 2. The predicted octanol–water partition coefficient (Wildman–Crippen LogP) is 1.09. The highest BCUT2D eigenvalue weighted by molar-refractivity contribution is 5.99. The summed E-state index contributed by atoms with van der Waals surface area (Å²) in [6.45, 7) is 0.572. The van der Waals surface area contributed by atoms with Gasteiger partial charge in [0.2, 0.25) is 5.91 Å². The summed E-state index contributed by atoms with van der Waals surface area (Å²) < 4.78 is 9.83. The number of esters is 1. The molecule has 5 nitrogen and oxygen atoms in total. The van der Waals surface area contributed by atoms with Crippen LogP contribution in [0.3, 0.4) is 0 Å². The lowest BCUT2D eigenvalue weighted by molar-refractivity contribution is -0.152. The monoisotopic (exact) mass is 263 g/mol. The Balaban J connectivity index is 2.28. The van der Waals surface area contributed by atoms with Gasteiger partial charge < -0.3 is 14.8 Å². The highest BCUT2D eigenvalue weighted by Gasteiger charge is 2.39. The van der Waals surface area contributed by atoms with Crippen LogP contribution in [0.2, 0.25) is 0 Å². The van der Waals surface area contributed by atoms with E-state index >= 15 is 0 Å². The molecule has 0 bridgehead atoms. The molecule has 1 saturated heterocycles. The second-order valence-electron chi connectivity index (χ2n) is 4.46. The van der Waals surface area contributed by atoms with Crippen LogP contribution < -0.4 is 10.1 Å². The molecule has 19 heavy (non-hydrogen) atoms. The number of carbonyl (C=O) groups is 2. The average molecular weight is 263 g/mol.